The third-order valence-corrected chi connectivity index (χ3v) is 5.96. The van der Waals surface area contributed by atoms with Crippen molar-refractivity contribution in [2.24, 2.45) is 5.14 Å². The number of likely N-dealkylation sites (N-methyl/N-ethyl adjacent to an activating group) is 1. The first kappa shape index (κ1) is 25.3. The number of carbonyl (C=O) groups excluding carboxylic acids is 2. The van der Waals surface area contributed by atoms with Crippen molar-refractivity contribution in [2.45, 2.75) is 17.4 Å². The van der Waals surface area contributed by atoms with Gasteiger partial charge in [0.2, 0.25) is 10.0 Å². The first-order valence-electron chi connectivity index (χ1n) is 10.1. The lowest BCUT2D eigenvalue weighted by Gasteiger charge is -2.25. The van der Waals surface area contributed by atoms with Crippen molar-refractivity contribution in [3.63, 3.8) is 0 Å². The molecule has 0 bridgehead atoms. The second kappa shape index (κ2) is 11.1. The number of nitrogens with two attached hydrogens (primary N) is 1. The van der Waals surface area contributed by atoms with Crippen molar-refractivity contribution < 1.29 is 18.0 Å². The van der Waals surface area contributed by atoms with Crippen molar-refractivity contribution in [1.29, 1.82) is 0 Å². The number of rotatable bonds is 9. The molecule has 10 heteroatoms. The molecule has 0 aromatic heterocycles. The average Bonchev–Trinajstić information content (AvgIpc) is 2.73. The number of hydrogen-bond donors (Lipinski definition) is 3. The van der Waals surface area contributed by atoms with Crippen LogP contribution >= 0.6 is 0 Å². The summed E-state index contributed by atoms with van der Waals surface area (Å²) in [5.74, 6) is -1.42. The van der Waals surface area contributed by atoms with E-state index in [9.17, 15) is 18.0 Å². The number of amides is 2. The van der Waals surface area contributed by atoms with Crippen LogP contribution in [0.5, 0.6) is 0 Å². The molecule has 2 aromatic carbocycles. The van der Waals surface area contributed by atoms with E-state index in [4.69, 9.17) is 5.14 Å². The molecule has 9 nitrogen and oxygen atoms in total. The lowest BCUT2D eigenvalue weighted by Crippen LogP contribution is -2.43. The topological polar surface area (TPSA) is 125 Å². The number of carbonyl (C=O) groups is 2. The van der Waals surface area contributed by atoms with Gasteiger partial charge >= 0.3 is 11.8 Å². The Labute approximate surface area is 189 Å². The molecule has 0 heterocycles. The number of hydrogen-bond acceptors (Lipinski definition) is 6. The normalized spacial score (nSPS) is 12.3. The lowest BCUT2D eigenvalue weighted by molar-refractivity contribution is -0.139. The van der Waals surface area contributed by atoms with E-state index in [1.807, 2.05) is 62.3 Å². The molecule has 2 aromatic rings. The van der Waals surface area contributed by atoms with Gasteiger partial charge in [-0.2, -0.15) is 0 Å². The molecule has 2 rings (SSSR count). The summed E-state index contributed by atoms with van der Waals surface area (Å²) >= 11 is 0. The van der Waals surface area contributed by atoms with E-state index in [1.54, 1.807) is 12.1 Å². The first-order valence-corrected chi connectivity index (χ1v) is 11.6. The van der Waals surface area contributed by atoms with Crippen LogP contribution in [0, 0.1) is 0 Å². The standard InChI is InChI=1S/C22H31N5O4S/c1-26(2)18-9-7-17(8-10-18)20(27(3)4)15-25-22(29)21(28)24-14-13-16-5-11-19(12-6-16)32(23,30)31/h5-12,20H,13-15H2,1-4H3,(H,24,28)(H,25,29)(H2,23,30,31). The van der Waals surface area contributed by atoms with Gasteiger partial charge in [-0.3, -0.25) is 9.59 Å². The number of primary sulfonamides is 1. The van der Waals surface area contributed by atoms with E-state index in [-0.39, 0.29) is 24.0 Å². The van der Waals surface area contributed by atoms with Crippen molar-refractivity contribution in [3.8, 4) is 0 Å². The Morgan fingerprint density at radius 1 is 0.906 bits per heavy atom. The Morgan fingerprint density at radius 2 is 1.47 bits per heavy atom. The zero-order valence-corrected chi connectivity index (χ0v) is 19.6. The van der Waals surface area contributed by atoms with Gasteiger partial charge in [0.25, 0.3) is 0 Å². The summed E-state index contributed by atoms with van der Waals surface area (Å²) in [4.78, 5) is 28.3. The maximum Gasteiger partial charge on any atom is 0.309 e. The van der Waals surface area contributed by atoms with Crippen LogP contribution in [0.1, 0.15) is 17.2 Å². The van der Waals surface area contributed by atoms with Gasteiger partial charge in [0, 0.05) is 32.9 Å². The summed E-state index contributed by atoms with van der Waals surface area (Å²) in [6, 6.07) is 14.0. The van der Waals surface area contributed by atoms with E-state index in [0.717, 1.165) is 16.8 Å². The summed E-state index contributed by atoms with van der Waals surface area (Å²) in [5.41, 5.74) is 2.92. The molecule has 4 N–H and O–H groups in total. The maximum atomic E-state index is 12.2. The van der Waals surface area contributed by atoms with Crippen LogP contribution in [0.25, 0.3) is 0 Å². The van der Waals surface area contributed by atoms with Gasteiger partial charge < -0.3 is 20.4 Å². The van der Waals surface area contributed by atoms with E-state index in [0.29, 0.717) is 6.42 Å². The van der Waals surface area contributed by atoms with Gasteiger partial charge in [-0.15, -0.1) is 0 Å². The molecule has 1 unspecified atom stereocenters. The second-order valence-corrected chi connectivity index (χ2v) is 9.43. The number of anilines is 1. The molecule has 1 atom stereocenters. The van der Waals surface area contributed by atoms with Gasteiger partial charge in [-0.25, -0.2) is 13.6 Å². The molecule has 0 aliphatic heterocycles. The van der Waals surface area contributed by atoms with Crippen LogP contribution in [-0.2, 0) is 26.0 Å². The molecule has 174 valence electrons. The van der Waals surface area contributed by atoms with Crippen LogP contribution in [-0.4, -0.2) is 66.4 Å². The van der Waals surface area contributed by atoms with Crippen molar-refractivity contribution in [3.05, 3.63) is 59.7 Å². The molecule has 0 aliphatic carbocycles. The number of nitrogens with zero attached hydrogens (tertiary/aromatic N) is 2. The minimum atomic E-state index is -3.74. The molecule has 0 saturated carbocycles. The number of nitrogens with one attached hydrogen (secondary N) is 2. The average molecular weight is 462 g/mol. The van der Waals surface area contributed by atoms with Crippen LogP contribution in [0.3, 0.4) is 0 Å². The largest absolute Gasteiger partial charge is 0.378 e. The zero-order chi connectivity index (χ0) is 23.9. The summed E-state index contributed by atoms with van der Waals surface area (Å²) < 4.78 is 22.6. The Bertz CT molecular complexity index is 1020. The van der Waals surface area contributed by atoms with Crippen molar-refractivity contribution >= 4 is 27.5 Å². The Kier molecular flexibility index (Phi) is 8.76. The number of benzene rings is 2. The molecular formula is C22H31N5O4S. The summed E-state index contributed by atoms with van der Waals surface area (Å²) in [6.45, 7) is 0.527. The van der Waals surface area contributed by atoms with Gasteiger partial charge in [-0.1, -0.05) is 24.3 Å². The third kappa shape index (κ3) is 7.33. The fourth-order valence-corrected chi connectivity index (χ4v) is 3.62. The fourth-order valence-electron chi connectivity index (χ4n) is 3.11. The SMILES string of the molecule is CN(C)c1ccc(C(CNC(=O)C(=O)NCCc2ccc(S(N)(=O)=O)cc2)N(C)C)cc1. The Balaban J connectivity index is 1.84. The Hall–Kier alpha value is -2.95. The summed E-state index contributed by atoms with van der Waals surface area (Å²) in [6.07, 6.45) is 0.447. The van der Waals surface area contributed by atoms with Crippen LogP contribution < -0.4 is 20.7 Å². The van der Waals surface area contributed by atoms with Gasteiger partial charge in [0.05, 0.1) is 10.9 Å². The highest BCUT2D eigenvalue weighted by Gasteiger charge is 2.19. The maximum absolute atomic E-state index is 12.2. The molecule has 2 amide bonds. The summed E-state index contributed by atoms with van der Waals surface area (Å²) in [5, 5.41) is 10.3. The number of sulfonamides is 1. The molecule has 0 fully saturated rings. The van der Waals surface area contributed by atoms with Crippen molar-refractivity contribution in [2.75, 3.05) is 46.2 Å². The van der Waals surface area contributed by atoms with Crippen molar-refractivity contribution in [1.82, 2.24) is 15.5 Å². The third-order valence-electron chi connectivity index (χ3n) is 5.03. The van der Waals surface area contributed by atoms with Gasteiger partial charge in [0.15, 0.2) is 0 Å². The quantitative estimate of drug-likeness (QED) is 0.467. The van der Waals surface area contributed by atoms with Crippen LogP contribution in [0.2, 0.25) is 0 Å². The van der Waals surface area contributed by atoms with Gasteiger partial charge in [0.1, 0.15) is 0 Å². The van der Waals surface area contributed by atoms with Crippen LogP contribution in [0.4, 0.5) is 5.69 Å². The minimum Gasteiger partial charge on any atom is -0.378 e. The smallest absolute Gasteiger partial charge is 0.309 e. The van der Waals surface area contributed by atoms with E-state index in [1.165, 1.54) is 12.1 Å². The summed E-state index contributed by atoms with van der Waals surface area (Å²) in [7, 11) is 4.03. The Morgan fingerprint density at radius 3 is 1.97 bits per heavy atom. The molecular weight excluding hydrogens is 430 g/mol. The highest BCUT2D eigenvalue weighted by Crippen LogP contribution is 2.20. The molecule has 0 spiro atoms. The molecule has 32 heavy (non-hydrogen) atoms. The molecule has 0 radical (unpaired) electrons. The highest BCUT2D eigenvalue weighted by atomic mass is 32.2. The zero-order valence-electron chi connectivity index (χ0n) is 18.8. The van der Waals surface area contributed by atoms with E-state index in [2.05, 4.69) is 10.6 Å². The highest BCUT2D eigenvalue weighted by molar-refractivity contribution is 7.89. The predicted molar refractivity (Wildman–Crippen MR) is 125 cm³/mol. The molecule has 0 aliphatic rings. The monoisotopic (exact) mass is 461 g/mol. The molecule has 0 saturated heterocycles. The van der Waals surface area contributed by atoms with E-state index >= 15 is 0 Å². The predicted octanol–water partition coefficient (Wildman–Crippen LogP) is 0.478. The fraction of sp³-hybridized carbons (Fsp3) is 0.364. The minimum absolute atomic E-state index is 0.0245. The van der Waals surface area contributed by atoms with Gasteiger partial charge in [-0.05, 0) is 55.9 Å². The first-order chi connectivity index (χ1) is 15.0. The second-order valence-electron chi connectivity index (χ2n) is 7.87. The lowest BCUT2D eigenvalue weighted by atomic mass is 10.1. The van der Waals surface area contributed by atoms with E-state index < -0.39 is 21.8 Å². The van der Waals surface area contributed by atoms with Crippen LogP contribution in [0.15, 0.2) is 53.4 Å².